The first-order valence-electron chi connectivity index (χ1n) is 7.71. The highest BCUT2D eigenvalue weighted by molar-refractivity contribution is 7.92. The minimum absolute atomic E-state index is 0.0562. The van der Waals surface area contributed by atoms with Gasteiger partial charge in [0.15, 0.2) is 0 Å². The van der Waals surface area contributed by atoms with Crippen molar-refractivity contribution in [1.29, 1.82) is 0 Å². The fraction of sp³-hybridized carbons (Fsp3) is 0.250. The average Bonchev–Trinajstić information content (AvgIpc) is 3.04. The van der Waals surface area contributed by atoms with E-state index in [0.29, 0.717) is 23.0 Å². The Morgan fingerprint density at radius 1 is 1.31 bits per heavy atom. The number of hydrogen-bond donors (Lipinski definition) is 1. The monoisotopic (exact) mass is 396 g/mol. The number of aryl methyl sites for hydroxylation is 2. The molecule has 0 aliphatic heterocycles. The summed E-state index contributed by atoms with van der Waals surface area (Å²) in [5.74, 6) is 0.900. The third kappa shape index (κ3) is 3.15. The van der Waals surface area contributed by atoms with Crippen LogP contribution in [0.4, 0.5) is 5.69 Å². The molecule has 0 atom stereocenters. The molecular formula is C16H17ClN4O4S. The normalized spacial score (nSPS) is 11.7. The molecule has 0 amide bonds. The van der Waals surface area contributed by atoms with E-state index in [4.69, 9.17) is 16.3 Å². The van der Waals surface area contributed by atoms with Crippen LogP contribution in [-0.4, -0.2) is 29.7 Å². The molecule has 1 aromatic carbocycles. The van der Waals surface area contributed by atoms with E-state index >= 15 is 0 Å². The first-order chi connectivity index (χ1) is 12.3. The van der Waals surface area contributed by atoms with Crippen molar-refractivity contribution in [3.8, 4) is 5.75 Å². The minimum Gasteiger partial charge on any atom is -0.495 e. The molecule has 0 saturated heterocycles. The van der Waals surface area contributed by atoms with Crippen LogP contribution in [0.5, 0.6) is 5.75 Å². The SMILES string of the molecule is CCc1nn(C)c(=O)c2cc(S(=O)(=O)Nc3cc(Cl)ccc3OC)cn12. The zero-order valence-electron chi connectivity index (χ0n) is 14.4. The fourth-order valence-corrected chi connectivity index (χ4v) is 3.85. The third-order valence-electron chi connectivity index (χ3n) is 3.88. The van der Waals surface area contributed by atoms with Gasteiger partial charge in [-0.3, -0.25) is 13.9 Å². The Hall–Kier alpha value is -2.52. The number of anilines is 1. The summed E-state index contributed by atoms with van der Waals surface area (Å²) >= 11 is 5.94. The third-order valence-corrected chi connectivity index (χ3v) is 5.45. The summed E-state index contributed by atoms with van der Waals surface area (Å²) in [6.45, 7) is 1.87. The molecule has 3 rings (SSSR count). The van der Waals surface area contributed by atoms with Crippen molar-refractivity contribution in [2.24, 2.45) is 7.05 Å². The van der Waals surface area contributed by atoms with Crippen LogP contribution in [0, 0.1) is 0 Å². The number of hydrogen-bond acceptors (Lipinski definition) is 5. The molecule has 0 saturated carbocycles. The Bertz CT molecular complexity index is 1150. The second-order valence-electron chi connectivity index (χ2n) is 5.58. The Balaban J connectivity index is 2.12. The van der Waals surface area contributed by atoms with Crippen molar-refractivity contribution < 1.29 is 13.2 Å². The first kappa shape index (κ1) is 18.3. The van der Waals surface area contributed by atoms with E-state index in [-0.39, 0.29) is 21.7 Å². The Labute approximate surface area is 155 Å². The maximum atomic E-state index is 12.8. The predicted molar refractivity (Wildman–Crippen MR) is 98.6 cm³/mol. The molecule has 0 spiro atoms. The number of benzene rings is 1. The van der Waals surface area contributed by atoms with Crippen LogP contribution in [-0.2, 0) is 23.5 Å². The van der Waals surface area contributed by atoms with Gasteiger partial charge in [-0.05, 0) is 24.3 Å². The van der Waals surface area contributed by atoms with E-state index in [0.717, 1.165) is 0 Å². The molecule has 0 aliphatic rings. The molecule has 0 unspecified atom stereocenters. The number of sulfonamides is 1. The van der Waals surface area contributed by atoms with Gasteiger partial charge in [0, 0.05) is 24.7 Å². The maximum absolute atomic E-state index is 12.8. The summed E-state index contributed by atoms with van der Waals surface area (Å²) in [5, 5.41) is 4.51. The molecule has 10 heteroatoms. The van der Waals surface area contributed by atoms with Gasteiger partial charge in [0.05, 0.1) is 12.8 Å². The first-order valence-corrected chi connectivity index (χ1v) is 9.57. The lowest BCUT2D eigenvalue weighted by Crippen LogP contribution is -2.23. The van der Waals surface area contributed by atoms with Crippen molar-refractivity contribution >= 4 is 32.8 Å². The number of halogens is 1. The van der Waals surface area contributed by atoms with Gasteiger partial charge in [-0.1, -0.05) is 18.5 Å². The van der Waals surface area contributed by atoms with E-state index < -0.39 is 10.0 Å². The van der Waals surface area contributed by atoms with Gasteiger partial charge in [0.2, 0.25) is 0 Å². The standard InChI is InChI=1S/C16H17ClN4O4S/c1-4-15-18-20(2)16(22)13-8-11(9-21(13)15)26(23,24)19-12-7-10(17)5-6-14(12)25-3/h5-9,19H,4H2,1-3H3. The average molecular weight is 397 g/mol. The van der Waals surface area contributed by atoms with Gasteiger partial charge in [-0.2, -0.15) is 5.10 Å². The zero-order chi connectivity index (χ0) is 19.1. The molecule has 3 aromatic rings. The second kappa shape index (κ2) is 6.65. The second-order valence-corrected chi connectivity index (χ2v) is 7.70. The molecule has 138 valence electrons. The lowest BCUT2D eigenvalue weighted by Gasteiger charge is -2.11. The molecule has 2 heterocycles. The number of aromatic nitrogens is 3. The van der Waals surface area contributed by atoms with E-state index in [1.54, 1.807) is 12.1 Å². The molecular weight excluding hydrogens is 380 g/mol. The zero-order valence-corrected chi connectivity index (χ0v) is 15.9. The lowest BCUT2D eigenvalue weighted by molar-refractivity contribution is 0.417. The van der Waals surface area contributed by atoms with Crippen LogP contribution < -0.4 is 15.0 Å². The van der Waals surface area contributed by atoms with Gasteiger partial charge >= 0.3 is 0 Å². The van der Waals surface area contributed by atoms with Crippen LogP contribution in [0.1, 0.15) is 12.7 Å². The Morgan fingerprint density at radius 2 is 2.04 bits per heavy atom. The van der Waals surface area contributed by atoms with Gasteiger partial charge in [0.25, 0.3) is 15.6 Å². The smallest absolute Gasteiger partial charge is 0.290 e. The summed E-state index contributed by atoms with van der Waals surface area (Å²) in [6.07, 6.45) is 1.91. The van der Waals surface area contributed by atoms with Crippen LogP contribution in [0.2, 0.25) is 5.02 Å². The van der Waals surface area contributed by atoms with Gasteiger partial charge in [0.1, 0.15) is 22.0 Å². The van der Waals surface area contributed by atoms with Crippen LogP contribution >= 0.6 is 11.6 Å². The number of methoxy groups -OCH3 is 1. The van der Waals surface area contributed by atoms with E-state index in [9.17, 15) is 13.2 Å². The topological polar surface area (TPSA) is 94.7 Å². The van der Waals surface area contributed by atoms with E-state index in [1.165, 1.54) is 41.6 Å². The number of nitrogens with one attached hydrogen (secondary N) is 1. The molecule has 0 radical (unpaired) electrons. The van der Waals surface area contributed by atoms with Crippen molar-refractivity contribution in [3.63, 3.8) is 0 Å². The van der Waals surface area contributed by atoms with Crippen molar-refractivity contribution in [1.82, 2.24) is 14.2 Å². The molecule has 0 aliphatic carbocycles. The van der Waals surface area contributed by atoms with E-state index in [2.05, 4.69) is 9.82 Å². The van der Waals surface area contributed by atoms with Gasteiger partial charge in [-0.25, -0.2) is 13.1 Å². The van der Waals surface area contributed by atoms with Gasteiger partial charge < -0.3 is 4.74 Å². The van der Waals surface area contributed by atoms with Crippen molar-refractivity contribution in [2.45, 2.75) is 18.2 Å². The van der Waals surface area contributed by atoms with Crippen LogP contribution in [0.25, 0.3) is 5.52 Å². The molecule has 1 N–H and O–H groups in total. The summed E-state index contributed by atoms with van der Waals surface area (Å²) in [7, 11) is -1.01. The molecule has 2 aromatic heterocycles. The summed E-state index contributed by atoms with van der Waals surface area (Å²) in [5.41, 5.74) is 0.0544. The highest BCUT2D eigenvalue weighted by atomic mass is 35.5. The highest BCUT2D eigenvalue weighted by Crippen LogP contribution is 2.30. The molecule has 26 heavy (non-hydrogen) atoms. The number of fused-ring (bicyclic) bond motifs is 1. The molecule has 8 nitrogen and oxygen atoms in total. The summed E-state index contributed by atoms with van der Waals surface area (Å²) in [4.78, 5) is 12.2. The quantitative estimate of drug-likeness (QED) is 0.712. The minimum atomic E-state index is -3.96. The Kier molecular flexibility index (Phi) is 4.68. The predicted octanol–water partition coefficient (Wildman–Crippen LogP) is 2.06. The molecule has 0 fully saturated rings. The number of rotatable bonds is 5. The fourth-order valence-electron chi connectivity index (χ4n) is 2.60. The summed E-state index contributed by atoms with van der Waals surface area (Å²) < 4.78 is 35.9. The number of nitrogens with zero attached hydrogens (tertiary/aromatic N) is 3. The maximum Gasteiger partial charge on any atom is 0.290 e. The van der Waals surface area contributed by atoms with Crippen molar-refractivity contribution in [2.75, 3.05) is 11.8 Å². The van der Waals surface area contributed by atoms with Crippen molar-refractivity contribution in [3.05, 3.63) is 51.7 Å². The van der Waals surface area contributed by atoms with Crippen LogP contribution in [0.15, 0.2) is 40.2 Å². The van der Waals surface area contributed by atoms with Gasteiger partial charge in [-0.15, -0.1) is 0 Å². The lowest BCUT2D eigenvalue weighted by atomic mass is 10.3. The number of ether oxygens (including phenoxy) is 1. The summed E-state index contributed by atoms with van der Waals surface area (Å²) in [6, 6.07) is 5.92. The Morgan fingerprint density at radius 3 is 2.69 bits per heavy atom. The molecule has 0 bridgehead atoms. The van der Waals surface area contributed by atoms with E-state index in [1.807, 2.05) is 6.92 Å². The highest BCUT2D eigenvalue weighted by Gasteiger charge is 2.21. The largest absolute Gasteiger partial charge is 0.495 e. The van der Waals surface area contributed by atoms with Crippen LogP contribution in [0.3, 0.4) is 0 Å².